The topological polar surface area (TPSA) is 99.7 Å². The molecule has 0 atom stereocenters. The Balaban J connectivity index is 2.35. The lowest BCUT2D eigenvalue weighted by molar-refractivity contribution is -0.384. The van der Waals surface area contributed by atoms with Gasteiger partial charge in [-0.2, -0.15) is 5.10 Å². The number of carbonyl (C=O) groups is 1. The summed E-state index contributed by atoms with van der Waals surface area (Å²) < 4.78 is 7.25. The zero-order valence-corrected chi connectivity index (χ0v) is 16.7. The van der Waals surface area contributed by atoms with Crippen LogP contribution in [0, 0.1) is 10.1 Å². The first-order chi connectivity index (χ1) is 12.1. The molecular formula is C16H24N4O5Si. The Hall–Kier alpha value is -2.30. The lowest BCUT2D eigenvalue weighted by Gasteiger charge is -2.15. The van der Waals surface area contributed by atoms with Gasteiger partial charge in [-0.05, 0) is 12.1 Å². The zero-order chi connectivity index (χ0) is 19.5. The summed E-state index contributed by atoms with van der Waals surface area (Å²) in [7, 11) is 1.60. The molecule has 0 aliphatic carbocycles. The van der Waals surface area contributed by atoms with Crippen LogP contribution in [0.5, 0.6) is 0 Å². The molecular weight excluding hydrogens is 356 g/mol. The Morgan fingerprint density at radius 1 is 1.38 bits per heavy atom. The molecule has 1 amide bonds. The summed E-state index contributed by atoms with van der Waals surface area (Å²) in [6, 6.07) is 5.32. The lowest BCUT2D eigenvalue weighted by Crippen LogP contribution is -2.26. The first-order valence-corrected chi connectivity index (χ1v) is 11.9. The number of non-ortho nitro benzene ring substituents is 1. The number of nitrogens with zero attached hydrogens (tertiary/aromatic N) is 4. The maximum absolute atomic E-state index is 12.5. The van der Waals surface area contributed by atoms with Gasteiger partial charge in [-0.15, -0.1) is 0 Å². The third-order valence-electron chi connectivity index (χ3n) is 3.92. The fraction of sp³-hybridized carbons (Fsp3) is 0.500. The number of aromatic nitrogens is 2. The van der Waals surface area contributed by atoms with Gasteiger partial charge in [0, 0.05) is 39.2 Å². The van der Waals surface area contributed by atoms with Crippen molar-refractivity contribution >= 4 is 30.6 Å². The molecule has 0 bridgehead atoms. The normalized spacial score (nSPS) is 11.7. The second kappa shape index (κ2) is 7.93. The molecule has 0 radical (unpaired) electrons. The Morgan fingerprint density at radius 2 is 2.08 bits per heavy atom. The van der Waals surface area contributed by atoms with Crippen LogP contribution < -0.4 is 0 Å². The summed E-state index contributed by atoms with van der Waals surface area (Å²) in [6.45, 7) is 7.55. The van der Waals surface area contributed by atoms with E-state index in [1.165, 1.54) is 26.3 Å². The van der Waals surface area contributed by atoms with Gasteiger partial charge in [-0.3, -0.25) is 19.7 Å². The number of nitro benzene ring substituents is 1. The molecule has 1 aromatic heterocycles. The quantitative estimate of drug-likeness (QED) is 0.302. The highest BCUT2D eigenvalue weighted by Gasteiger charge is 2.23. The van der Waals surface area contributed by atoms with E-state index in [-0.39, 0.29) is 18.1 Å². The molecule has 10 heteroatoms. The van der Waals surface area contributed by atoms with Crippen LogP contribution in [0.3, 0.4) is 0 Å². The van der Waals surface area contributed by atoms with E-state index >= 15 is 0 Å². The highest BCUT2D eigenvalue weighted by molar-refractivity contribution is 6.76. The highest BCUT2D eigenvalue weighted by atomic mass is 28.3. The van der Waals surface area contributed by atoms with Crippen molar-refractivity contribution in [3.63, 3.8) is 0 Å². The molecule has 142 valence electrons. The molecule has 2 aromatic rings. The Kier molecular flexibility index (Phi) is 6.11. The molecule has 0 saturated carbocycles. The van der Waals surface area contributed by atoms with Crippen LogP contribution in [0.15, 0.2) is 18.2 Å². The molecule has 9 nitrogen and oxygen atoms in total. The fourth-order valence-electron chi connectivity index (χ4n) is 2.30. The summed E-state index contributed by atoms with van der Waals surface area (Å²) >= 11 is 0. The SMILES string of the molecule is CON(C)C(=O)c1nn(COCC[Si](C)(C)C)c2ccc([N+](=O)[O-])cc12. The maximum atomic E-state index is 12.5. The minimum Gasteiger partial charge on any atom is -0.360 e. The summed E-state index contributed by atoms with van der Waals surface area (Å²) in [6.07, 6.45) is 0. The zero-order valence-electron chi connectivity index (χ0n) is 15.7. The first-order valence-electron chi connectivity index (χ1n) is 8.19. The van der Waals surface area contributed by atoms with Gasteiger partial charge < -0.3 is 4.74 Å². The largest absolute Gasteiger partial charge is 0.360 e. The number of hydrogen-bond donors (Lipinski definition) is 0. The van der Waals surface area contributed by atoms with E-state index in [1.807, 2.05) is 0 Å². The Morgan fingerprint density at radius 3 is 2.65 bits per heavy atom. The summed E-state index contributed by atoms with van der Waals surface area (Å²) in [4.78, 5) is 27.9. The summed E-state index contributed by atoms with van der Waals surface area (Å²) in [5.41, 5.74) is 0.573. The monoisotopic (exact) mass is 380 g/mol. The van der Waals surface area contributed by atoms with Crippen molar-refractivity contribution < 1.29 is 19.3 Å². The number of amides is 1. The number of benzene rings is 1. The molecule has 2 rings (SSSR count). The first kappa shape index (κ1) is 20.0. The number of nitro groups is 1. The minimum absolute atomic E-state index is 0.0850. The van der Waals surface area contributed by atoms with Crippen molar-refractivity contribution in [2.45, 2.75) is 32.4 Å². The third kappa shape index (κ3) is 4.65. The van der Waals surface area contributed by atoms with E-state index < -0.39 is 18.9 Å². The van der Waals surface area contributed by atoms with Crippen LogP contribution in [0.1, 0.15) is 10.5 Å². The summed E-state index contributed by atoms with van der Waals surface area (Å²) in [5, 5.41) is 16.8. The number of carbonyl (C=O) groups excluding carboxylic acids is 1. The molecule has 1 heterocycles. The molecule has 0 spiro atoms. The van der Waals surface area contributed by atoms with Crippen LogP contribution in [-0.2, 0) is 16.3 Å². The van der Waals surface area contributed by atoms with Crippen LogP contribution in [0.4, 0.5) is 5.69 Å². The van der Waals surface area contributed by atoms with Crippen molar-refractivity contribution in [2.24, 2.45) is 0 Å². The molecule has 0 aliphatic heterocycles. The van der Waals surface area contributed by atoms with E-state index in [9.17, 15) is 14.9 Å². The van der Waals surface area contributed by atoms with Crippen molar-refractivity contribution in [3.8, 4) is 0 Å². The highest BCUT2D eigenvalue weighted by Crippen LogP contribution is 2.25. The molecule has 0 unspecified atom stereocenters. The van der Waals surface area contributed by atoms with Gasteiger partial charge in [0.05, 0.1) is 17.5 Å². The van der Waals surface area contributed by atoms with Gasteiger partial charge in [0.15, 0.2) is 5.69 Å². The average molecular weight is 380 g/mol. The number of hydrogen-bond acceptors (Lipinski definition) is 6. The molecule has 0 N–H and O–H groups in total. The molecule has 0 saturated heterocycles. The number of rotatable bonds is 8. The van der Waals surface area contributed by atoms with E-state index in [0.29, 0.717) is 17.5 Å². The van der Waals surface area contributed by atoms with Gasteiger partial charge >= 0.3 is 0 Å². The van der Waals surface area contributed by atoms with Crippen LogP contribution in [-0.4, -0.2) is 54.5 Å². The Labute approximate surface area is 152 Å². The van der Waals surface area contributed by atoms with E-state index in [4.69, 9.17) is 9.57 Å². The third-order valence-corrected chi connectivity index (χ3v) is 5.62. The number of fused-ring (bicyclic) bond motifs is 1. The second-order valence-electron chi connectivity index (χ2n) is 7.14. The summed E-state index contributed by atoms with van der Waals surface area (Å²) in [5.74, 6) is -0.487. The number of hydroxylamine groups is 2. The lowest BCUT2D eigenvalue weighted by atomic mass is 10.2. The van der Waals surface area contributed by atoms with Gasteiger partial charge in [-0.1, -0.05) is 19.6 Å². The van der Waals surface area contributed by atoms with E-state index in [0.717, 1.165) is 11.1 Å². The van der Waals surface area contributed by atoms with Crippen LogP contribution >= 0.6 is 0 Å². The van der Waals surface area contributed by atoms with Crippen molar-refractivity contribution in [1.29, 1.82) is 0 Å². The van der Waals surface area contributed by atoms with Gasteiger partial charge in [-0.25, -0.2) is 9.75 Å². The van der Waals surface area contributed by atoms with Gasteiger partial charge in [0.2, 0.25) is 0 Å². The predicted molar refractivity (Wildman–Crippen MR) is 99.6 cm³/mol. The fourth-order valence-corrected chi connectivity index (χ4v) is 3.06. The smallest absolute Gasteiger partial charge is 0.298 e. The average Bonchev–Trinajstić information content (AvgIpc) is 2.94. The van der Waals surface area contributed by atoms with Crippen molar-refractivity contribution in [1.82, 2.24) is 14.8 Å². The minimum atomic E-state index is -1.21. The van der Waals surface area contributed by atoms with Gasteiger partial charge in [0.25, 0.3) is 11.6 Å². The van der Waals surface area contributed by atoms with Crippen molar-refractivity contribution in [2.75, 3.05) is 20.8 Å². The Bertz CT molecular complexity index is 815. The van der Waals surface area contributed by atoms with E-state index in [2.05, 4.69) is 24.7 Å². The maximum Gasteiger partial charge on any atom is 0.298 e. The van der Waals surface area contributed by atoms with E-state index in [1.54, 1.807) is 10.7 Å². The standard InChI is InChI=1S/C16H24N4O5Si/c1-18(24-2)16(21)15-13-10-12(20(22)23)6-7-14(13)19(17-15)11-25-8-9-26(3,4)5/h6-7,10H,8-9,11H2,1-5H3. The molecule has 0 aliphatic rings. The van der Waals surface area contributed by atoms with Gasteiger partial charge in [0.1, 0.15) is 6.73 Å². The second-order valence-corrected chi connectivity index (χ2v) is 12.8. The predicted octanol–water partition coefficient (Wildman–Crippen LogP) is 2.89. The molecule has 26 heavy (non-hydrogen) atoms. The van der Waals surface area contributed by atoms with Crippen LogP contribution in [0.2, 0.25) is 25.7 Å². The number of ether oxygens (including phenoxy) is 1. The molecule has 0 fully saturated rings. The van der Waals surface area contributed by atoms with Crippen LogP contribution in [0.25, 0.3) is 10.9 Å². The molecule has 1 aromatic carbocycles. The van der Waals surface area contributed by atoms with Crippen molar-refractivity contribution in [3.05, 3.63) is 34.0 Å².